The molecule has 2 aliphatic heterocycles. The molecular weight excluding hydrogens is 318 g/mol. The van der Waals surface area contributed by atoms with E-state index in [0.717, 1.165) is 17.3 Å². The number of thioether (sulfide) groups is 1. The zero-order valence-electron chi connectivity index (χ0n) is 14.1. The lowest BCUT2D eigenvalue weighted by molar-refractivity contribution is -0.140. The highest BCUT2D eigenvalue weighted by Gasteiger charge is 2.40. The van der Waals surface area contributed by atoms with Crippen LogP contribution in [-0.4, -0.2) is 65.3 Å². The van der Waals surface area contributed by atoms with Crippen molar-refractivity contribution in [2.45, 2.75) is 51.8 Å². The predicted molar refractivity (Wildman–Crippen MR) is 89.7 cm³/mol. The average Bonchev–Trinajstić information content (AvgIpc) is 2.93. The monoisotopic (exact) mass is 343 g/mol. The minimum atomic E-state index is -0.478. The van der Waals surface area contributed by atoms with Crippen molar-refractivity contribution >= 4 is 29.0 Å². The summed E-state index contributed by atoms with van der Waals surface area (Å²) >= 11 is 1.62. The maximum absolute atomic E-state index is 12.1. The largest absolute Gasteiger partial charge is 0.466 e. The first-order valence-corrected chi connectivity index (χ1v) is 8.81. The third-order valence-electron chi connectivity index (χ3n) is 3.37. The number of nitrogens with one attached hydrogen (secondary N) is 1. The molecule has 0 radical (unpaired) electrons. The van der Waals surface area contributed by atoms with Crippen molar-refractivity contribution in [2.24, 2.45) is 4.99 Å². The molecule has 0 aromatic heterocycles. The molecule has 2 unspecified atom stereocenters. The molecule has 0 spiro atoms. The van der Waals surface area contributed by atoms with Gasteiger partial charge in [-0.3, -0.25) is 9.79 Å². The van der Waals surface area contributed by atoms with Gasteiger partial charge < -0.3 is 19.7 Å². The van der Waals surface area contributed by atoms with Crippen LogP contribution < -0.4 is 5.32 Å². The van der Waals surface area contributed by atoms with Crippen molar-refractivity contribution < 1.29 is 19.1 Å². The van der Waals surface area contributed by atoms with Crippen molar-refractivity contribution in [1.29, 1.82) is 0 Å². The van der Waals surface area contributed by atoms with Crippen LogP contribution in [0.4, 0.5) is 4.79 Å². The zero-order chi connectivity index (χ0) is 17.0. The van der Waals surface area contributed by atoms with Gasteiger partial charge in [-0.25, -0.2) is 4.79 Å². The molecule has 0 bridgehead atoms. The van der Waals surface area contributed by atoms with Gasteiger partial charge in [-0.2, -0.15) is 0 Å². The van der Waals surface area contributed by atoms with Gasteiger partial charge in [-0.05, 0) is 27.2 Å². The minimum absolute atomic E-state index is 0.0958. The van der Waals surface area contributed by atoms with E-state index in [2.05, 4.69) is 10.3 Å². The number of likely N-dealkylation sites (tertiary alicyclic amines) is 1. The number of esters is 1. The SMILES string of the molecule is CC(=O)OCCCSC1=NC2CN(C(=O)OC(C)(C)C)CC2N1. The Bertz CT molecular complexity index is 490. The van der Waals surface area contributed by atoms with Gasteiger partial charge in [0.1, 0.15) is 5.60 Å². The van der Waals surface area contributed by atoms with Crippen molar-refractivity contribution in [3.05, 3.63) is 0 Å². The molecule has 2 aliphatic rings. The fraction of sp³-hybridized carbons (Fsp3) is 0.800. The van der Waals surface area contributed by atoms with Crippen molar-refractivity contribution in [1.82, 2.24) is 10.2 Å². The molecule has 2 atom stereocenters. The molecule has 130 valence electrons. The summed E-state index contributed by atoms with van der Waals surface area (Å²) in [6.07, 6.45) is 0.518. The summed E-state index contributed by atoms with van der Waals surface area (Å²) in [4.78, 5) is 29.0. The number of hydrogen-bond donors (Lipinski definition) is 1. The van der Waals surface area contributed by atoms with Crippen LogP contribution in [0.25, 0.3) is 0 Å². The van der Waals surface area contributed by atoms with Gasteiger partial charge in [-0.1, -0.05) is 11.8 Å². The van der Waals surface area contributed by atoms with Gasteiger partial charge >= 0.3 is 12.1 Å². The van der Waals surface area contributed by atoms with Crippen molar-refractivity contribution in [3.8, 4) is 0 Å². The molecule has 8 heteroatoms. The average molecular weight is 343 g/mol. The number of rotatable bonds is 4. The fourth-order valence-electron chi connectivity index (χ4n) is 2.40. The van der Waals surface area contributed by atoms with E-state index in [9.17, 15) is 9.59 Å². The van der Waals surface area contributed by atoms with E-state index in [4.69, 9.17) is 9.47 Å². The summed E-state index contributed by atoms with van der Waals surface area (Å²) in [5.74, 6) is 0.594. The van der Waals surface area contributed by atoms with Gasteiger partial charge in [0, 0.05) is 25.8 Å². The highest BCUT2D eigenvalue weighted by Crippen LogP contribution is 2.23. The number of nitrogens with zero attached hydrogens (tertiary/aromatic N) is 2. The Balaban J connectivity index is 1.71. The summed E-state index contributed by atoms with van der Waals surface area (Å²) < 4.78 is 10.3. The lowest BCUT2D eigenvalue weighted by Crippen LogP contribution is -2.38. The summed E-state index contributed by atoms with van der Waals surface area (Å²) in [7, 11) is 0. The second-order valence-electron chi connectivity index (χ2n) is 6.68. The van der Waals surface area contributed by atoms with Gasteiger partial charge in [0.15, 0.2) is 5.17 Å². The topological polar surface area (TPSA) is 80.2 Å². The second kappa shape index (κ2) is 7.42. The summed E-state index contributed by atoms with van der Waals surface area (Å²) in [5, 5.41) is 4.26. The quantitative estimate of drug-likeness (QED) is 0.617. The van der Waals surface area contributed by atoms with Crippen LogP contribution in [0.1, 0.15) is 34.1 Å². The van der Waals surface area contributed by atoms with E-state index in [0.29, 0.717) is 19.7 Å². The molecule has 0 aliphatic carbocycles. The maximum atomic E-state index is 12.1. The number of ether oxygens (including phenoxy) is 2. The van der Waals surface area contributed by atoms with E-state index in [1.165, 1.54) is 6.92 Å². The van der Waals surface area contributed by atoms with Gasteiger partial charge in [-0.15, -0.1) is 0 Å². The smallest absolute Gasteiger partial charge is 0.410 e. The van der Waals surface area contributed by atoms with Crippen LogP contribution in [0, 0.1) is 0 Å². The maximum Gasteiger partial charge on any atom is 0.410 e. The molecule has 2 heterocycles. The molecule has 1 amide bonds. The first kappa shape index (κ1) is 17.9. The molecule has 1 saturated heterocycles. The lowest BCUT2D eigenvalue weighted by atomic mass is 10.2. The van der Waals surface area contributed by atoms with Crippen LogP contribution in [0.5, 0.6) is 0 Å². The van der Waals surface area contributed by atoms with E-state index in [1.807, 2.05) is 20.8 Å². The highest BCUT2D eigenvalue weighted by molar-refractivity contribution is 8.13. The Morgan fingerprint density at radius 2 is 2.13 bits per heavy atom. The van der Waals surface area contributed by atoms with Crippen LogP contribution in [-0.2, 0) is 14.3 Å². The normalized spacial score (nSPS) is 23.1. The first-order chi connectivity index (χ1) is 10.7. The zero-order valence-corrected chi connectivity index (χ0v) is 14.9. The van der Waals surface area contributed by atoms with Gasteiger partial charge in [0.05, 0.1) is 18.7 Å². The Hall–Kier alpha value is -1.44. The molecule has 2 rings (SSSR count). The summed E-state index contributed by atoms with van der Waals surface area (Å²) in [5.41, 5.74) is -0.478. The summed E-state index contributed by atoms with van der Waals surface area (Å²) in [6, 6.07) is 0.261. The number of hydrogen-bond acceptors (Lipinski definition) is 7. The molecule has 0 aromatic carbocycles. The number of carbonyl (C=O) groups is 2. The first-order valence-electron chi connectivity index (χ1n) is 7.83. The Morgan fingerprint density at radius 3 is 2.74 bits per heavy atom. The highest BCUT2D eigenvalue weighted by atomic mass is 32.2. The van der Waals surface area contributed by atoms with Crippen LogP contribution >= 0.6 is 11.8 Å². The van der Waals surface area contributed by atoms with Crippen molar-refractivity contribution in [3.63, 3.8) is 0 Å². The molecule has 0 aromatic rings. The van der Waals surface area contributed by atoms with E-state index < -0.39 is 5.60 Å². The van der Waals surface area contributed by atoms with Crippen LogP contribution in [0.2, 0.25) is 0 Å². The van der Waals surface area contributed by atoms with E-state index >= 15 is 0 Å². The number of aliphatic imine (C=N–C) groups is 1. The predicted octanol–water partition coefficient (Wildman–Crippen LogP) is 1.62. The van der Waals surface area contributed by atoms with Gasteiger partial charge in [0.2, 0.25) is 0 Å². The van der Waals surface area contributed by atoms with Gasteiger partial charge in [0.25, 0.3) is 0 Å². The second-order valence-corrected chi connectivity index (χ2v) is 7.76. The van der Waals surface area contributed by atoms with Crippen molar-refractivity contribution in [2.75, 3.05) is 25.4 Å². The number of carbonyl (C=O) groups excluding carboxylic acids is 2. The Morgan fingerprint density at radius 1 is 1.39 bits per heavy atom. The minimum Gasteiger partial charge on any atom is -0.466 e. The van der Waals surface area contributed by atoms with Crippen LogP contribution in [0.15, 0.2) is 4.99 Å². The van der Waals surface area contributed by atoms with E-state index in [1.54, 1.807) is 16.7 Å². The molecule has 7 nitrogen and oxygen atoms in total. The molecule has 1 N–H and O–H groups in total. The third-order valence-corrected chi connectivity index (χ3v) is 4.35. The molecular formula is C15H25N3O4S. The molecule has 0 saturated carbocycles. The molecule has 1 fully saturated rings. The summed E-state index contributed by atoms with van der Waals surface area (Å²) in [6.45, 7) is 8.64. The number of amidine groups is 1. The Labute approximate surface area is 141 Å². The van der Waals surface area contributed by atoms with E-state index in [-0.39, 0.29) is 24.1 Å². The van der Waals surface area contributed by atoms with Crippen LogP contribution in [0.3, 0.4) is 0 Å². The fourth-order valence-corrected chi connectivity index (χ4v) is 3.30. The lowest BCUT2D eigenvalue weighted by Gasteiger charge is -2.24. The Kier molecular flexibility index (Phi) is 5.78. The third kappa shape index (κ3) is 5.60. The number of fused-ring (bicyclic) bond motifs is 1. The standard InChI is InChI=1S/C15H25N3O4S/c1-10(19)21-6-5-7-23-13-16-11-8-18(9-12(11)17-13)14(20)22-15(2,3)4/h11-12H,5-9H2,1-4H3,(H,16,17). The number of amides is 1. The molecule has 23 heavy (non-hydrogen) atoms.